The fourth-order valence-electron chi connectivity index (χ4n) is 3.80. The molecule has 0 saturated carbocycles. The van der Waals surface area contributed by atoms with Crippen molar-refractivity contribution in [3.05, 3.63) is 45.9 Å². The van der Waals surface area contributed by atoms with Crippen LogP contribution in [0.15, 0.2) is 44.1 Å². The van der Waals surface area contributed by atoms with E-state index in [1.165, 1.54) is 11.8 Å². The van der Waals surface area contributed by atoms with Crippen LogP contribution >= 0.6 is 23.1 Å². The highest BCUT2D eigenvalue weighted by molar-refractivity contribution is 7.98. The summed E-state index contributed by atoms with van der Waals surface area (Å²) in [5.41, 5.74) is 0.436. The van der Waals surface area contributed by atoms with E-state index in [0.717, 1.165) is 24.3 Å². The molecule has 0 bridgehead atoms. The lowest BCUT2D eigenvalue weighted by atomic mass is 10.2. The highest BCUT2D eigenvalue weighted by Crippen LogP contribution is 2.35. The van der Waals surface area contributed by atoms with Gasteiger partial charge in [-0.15, -0.1) is 11.3 Å². The zero-order valence-electron chi connectivity index (χ0n) is 16.9. The van der Waals surface area contributed by atoms with Crippen molar-refractivity contribution in [2.75, 3.05) is 13.4 Å². The van der Waals surface area contributed by atoms with Crippen LogP contribution in [0.2, 0.25) is 0 Å². The van der Waals surface area contributed by atoms with Crippen LogP contribution in [0.1, 0.15) is 18.7 Å². The summed E-state index contributed by atoms with van der Waals surface area (Å²) >= 11 is 2.94. The molecule has 2 aliphatic heterocycles. The fraction of sp³-hybridized carbons (Fsp3) is 0.333. The van der Waals surface area contributed by atoms with Gasteiger partial charge in [-0.3, -0.25) is 9.36 Å². The molecule has 0 N–H and O–H groups in total. The van der Waals surface area contributed by atoms with Crippen LogP contribution in [0.3, 0.4) is 0 Å². The monoisotopic (exact) mass is 470 g/mol. The van der Waals surface area contributed by atoms with E-state index in [-0.39, 0.29) is 18.5 Å². The highest BCUT2D eigenvalue weighted by Gasteiger charge is 2.23. The molecule has 0 unspecified atom stereocenters. The van der Waals surface area contributed by atoms with Crippen molar-refractivity contribution in [1.82, 2.24) is 19.7 Å². The third kappa shape index (κ3) is 3.65. The summed E-state index contributed by atoms with van der Waals surface area (Å²) in [5.74, 6) is 2.59. The third-order valence-electron chi connectivity index (χ3n) is 5.36. The van der Waals surface area contributed by atoms with Gasteiger partial charge in [0.25, 0.3) is 5.56 Å². The molecular formula is C21H18N4O5S2. The Bertz CT molecular complexity index is 1330. The molecule has 0 radical (unpaired) electrons. The predicted octanol–water partition coefficient (Wildman–Crippen LogP) is 3.71. The van der Waals surface area contributed by atoms with Gasteiger partial charge >= 0.3 is 0 Å². The van der Waals surface area contributed by atoms with Crippen molar-refractivity contribution in [2.24, 2.45) is 0 Å². The number of benzene rings is 1. The number of hydrogen-bond donors (Lipinski definition) is 0. The number of rotatable bonds is 6. The maximum Gasteiger partial charge on any atom is 0.262 e. The summed E-state index contributed by atoms with van der Waals surface area (Å²) in [6.45, 7) is 1.30. The lowest BCUT2D eigenvalue weighted by Crippen LogP contribution is -2.28. The van der Waals surface area contributed by atoms with Gasteiger partial charge in [0.05, 0.1) is 34.2 Å². The zero-order chi connectivity index (χ0) is 21.5. The summed E-state index contributed by atoms with van der Waals surface area (Å²) in [5, 5.41) is 7.09. The van der Waals surface area contributed by atoms with Gasteiger partial charge in [-0.05, 0) is 30.4 Å². The number of thiophene rings is 1. The van der Waals surface area contributed by atoms with E-state index in [1.54, 1.807) is 28.0 Å². The van der Waals surface area contributed by atoms with Gasteiger partial charge in [-0.1, -0.05) is 23.0 Å². The van der Waals surface area contributed by atoms with Gasteiger partial charge in [-0.25, -0.2) is 4.98 Å². The second-order valence-electron chi connectivity index (χ2n) is 7.45. The number of hydrogen-bond acceptors (Lipinski definition) is 10. The molecule has 1 fully saturated rings. The molecule has 0 aliphatic carbocycles. The second-order valence-corrected chi connectivity index (χ2v) is 9.34. The third-order valence-corrected chi connectivity index (χ3v) is 7.19. The average molecular weight is 471 g/mol. The minimum absolute atomic E-state index is 0.00542. The Balaban J connectivity index is 1.34. The molecule has 4 aromatic rings. The fourth-order valence-corrected chi connectivity index (χ4v) is 5.29. The summed E-state index contributed by atoms with van der Waals surface area (Å²) in [6.07, 6.45) is 1.91. The van der Waals surface area contributed by atoms with Crippen LogP contribution in [-0.4, -0.2) is 39.2 Å². The molecule has 3 aromatic heterocycles. The molecule has 5 heterocycles. The Morgan fingerprint density at radius 3 is 2.94 bits per heavy atom. The Labute approximate surface area is 190 Å². The number of nitrogens with zero attached hydrogens (tertiary/aromatic N) is 4. The number of thioether (sulfide) groups is 1. The largest absolute Gasteiger partial charge is 0.454 e. The first-order chi connectivity index (χ1) is 15.7. The molecule has 1 saturated heterocycles. The van der Waals surface area contributed by atoms with Gasteiger partial charge in [-0.2, -0.15) is 4.98 Å². The minimum atomic E-state index is -0.129. The first kappa shape index (κ1) is 19.8. The molecule has 164 valence electrons. The first-order valence-corrected chi connectivity index (χ1v) is 12.1. The van der Waals surface area contributed by atoms with Gasteiger partial charge in [0.2, 0.25) is 18.5 Å². The molecule has 2 aliphatic rings. The van der Waals surface area contributed by atoms with Crippen LogP contribution in [0.5, 0.6) is 11.5 Å². The van der Waals surface area contributed by atoms with Gasteiger partial charge in [0.15, 0.2) is 16.7 Å². The van der Waals surface area contributed by atoms with Crippen LogP contribution in [0.25, 0.3) is 21.6 Å². The summed E-state index contributed by atoms with van der Waals surface area (Å²) < 4.78 is 23.8. The molecule has 6 rings (SSSR count). The summed E-state index contributed by atoms with van der Waals surface area (Å²) in [4.78, 5) is 23.6. The van der Waals surface area contributed by atoms with E-state index in [4.69, 9.17) is 23.7 Å². The molecule has 32 heavy (non-hydrogen) atoms. The quantitative estimate of drug-likeness (QED) is 0.308. The molecule has 1 aromatic carbocycles. The van der Waals surface area contributed by atoms with Gasteiger partial charge in [0.1, 0.15) is 0 Å². The molecule has 0 amide bonds. The van der Waals surface area contributed by atoms with Crippen molar-refractivity contribution < 1.29 is 18.7 Å². The number of ether oxygens (including phenoxy) is 3. The van der Waals surface area contributed by atoms with E-state index in [2.05, 4.69) is 10.1 Å². The van der Waals surface area contributed by atoms with E-state index >= 15 is 0 Å². The van der Waals surface area contributed by atoms with Crippen molar-refractivity contribution in [3.8, 4) is 22.2 Å². The lowest BCUT2D eigenvalue weighted by Gasteiger charge is -2.16. The topological polar surface area (TPSA) is 102 Å². The van der Waals surface area contributed by atoms with E-state index in [1.807, 2.05) is 17.5 Å². The predicted molar refractivity (Wildman–Crippen MR) is 118 cm³/mol. The van der Waals surface area contributed by atoms with Crippen molar-refractivity contribution in [1.29, 1.82) is 0 Å². The standard InChI is InChI=1S/C21H18N4O5S2/c26-20-13-7-15-16(29-11-28-15)8-14(13)22-21(25(20)9-12-3-1-5-27-12)32-10-18-23-19(24-30-18)17-4-2-6-31-17/h2,4,6-8,12H,1,3,5,9-11H2/t12-/m1/s1. The molecule has 0 spiro atoms. The Morgan fingerprint density at radius 1 is 1.22 bits per heavy atom. The molecule has 11 heteroatoms. The average Bonchev–Trinajstić information content (AvgIpc) is 3.61. The van der Waals surface area contributed by atoms with Crippen LogP contribution in [0, 0.1) is 0 Å². The molecule has 1 atom stereocenters. The maximum absolute atomic E-state index is 13.4. The zero-order valence-corrected chi connectivity index (χ0v) is 18.5. The van der Waals surface area contributed by atoms with E-state index < -0.39 is 0 Å². The summed E-state index contributed by atoms with van der Waals surface area (Å²) in [6, 6.07) is 7.35. The SMILES string of the molecule is O=c1c2cc3c(cc2nc(SCc2nc(-c4cccs4)no2)n1C[C@H]1CCCO1)OCO3. The normalized spacial score (nSPS) is 17.4. The van der Waals surface area contributed by atoms with E-state index in [9.17, 15) is 4.79 Å². The Kier molecular flexibility index (Phi) is 5.08. The van der Waals surface area contributed by atoms with Crippen LogP contribution in [-0.2, 0) is 17.0 Å². The number of aromatic nitrogens is 4. The maximum atomic E-state index is 13.4. The lowest BCUT2D eigenvalue weighted by molar-refractivity contribution is 0.0937. The number of fused-ring (bicyclic) bond motifs is 2. The second kappa shape index (κ2) is 8.23. The van der Waals surface area contributed by atoms with Crippen molar-refractivity contribution >= 4 is 34.0 Å². The van der Waals surface area contributed by atoms with E-state index in [0.29, 0.717) is 51.6 Å². The Hall–Kier alpha value is -2.89. The van der Waals surface area contributed by atoms with Crippen LogP contribution < -0.4 is 15.0 Å². The van der Waals surface area contributed by atoms with Crippen molar-refractivity contribution in [3.63, 3.8) is 0 Å². The Morgan fingerprint density at radius 2 is 2.12 bits per heavy atom. The first-order valence-electron chi connectivity index (χ1n) is 10.2. The van der Waals surface area contributed by atoms with Gasteiger partial charge in [0, 0.05) is 12.7 Å². The smallest absolute Gasteiger partial charge is 0.262 e. The van der Waals surface area contributed by atoms with Gasteiger partial charge < -0.3 is 18.7 Å². The summed E-state index contributed by atoms with van der Waals surface area (Å²) in [7, 11) is 0. The molecular weight excluding hydrogens is 452 g/mol. The minimum Gasteiger partial charge on any atom is -0.454 e. The van der Waals surface area contributed by atoms with Crippen molar-refractivity contribution in [2.45, 2.75) is 36.4 Å². The highest BCUT2D eigenvalue weighted by atomic mass is 32.2. The molecule has 9 nitrogen and oxygen atoms in total. The van der Waals surface area contributed by atoms with Crippen LogP contribution in [0.4, 0.5) is 0 Å².